The third-order valence-corrected chi connectivity index (χ3v) is 7.84. The second-order valence-corrected chi connectivity index (χ2v) is 10.2. The number of methoxy groups -OCH3 is 1. The highest BCUT2D eigenvalue weighted by molar-refractivity contribution is 7.16. The van der Waals surface area contributed by atoms with Crippen molar-refractivity contribution in [3.05, 3.63) is 75.9 Å². The summed E-state index contributed by atoms with van der Waals surface area (Å²) in [6.45, 7) is 1.58. The fraction of sp³-hybridized carbons (Fsp3) is 0.333. The molecule has 8 nitrogen and oxygen atoms in total. The molecular formula is C27H27N5O3S. The van der Waals surface area contributed by atoms with Crippen molar-refractivity contribution in [3.63, 3.8) is 0 Å². The lowest BCUT2D eigenvalue weighted by Crippen LogP contribution is -2.43. The number of pyridine rings is 1. The van der Waals surface area contributed by atoms with Gasteiger partial charge in [0, 0.05) is 36.3 Å². The third-order valence-electron chi connectivity index (χ3n) is 6.76. The van der Waals surface area contributed by atoms with Gasteiger partial charge < -0.3 is 20.3 Å². The number of ether oxygens (including phenoxy) is 1. The number of aromatic nitrogens is 1. The summed E-state index contributed by atoms with van der Waals surface area (Å²) in [6.07, 6.45) is 5.40. The van der Waals surface area contributed by atoms with Crippen LogP contribution in [0, 0.1) is 17.2 Å². The average Bonchev–Trinajstić information content (AvgIpc) is 3.62. The first-order valence-electron chi connectivity index (χ1n) is 12.0. The zero-order valence-corrected chi connectivity index (χ0v) is 20.8. The van der Waals surface area contributed by atoms with Crippen LogP contribution in [0.1, 0.15) is 39.5 Å². The van der Waals surface area contributed by atoms with Crippen LogP contribution in [0.4, 0.5) is 9.80 Å². The molecular weight excluding hydrogens is 474 g/mol. The molecule has 1 aliphatic carbocycles. The van der Waals surface area contributed by atoms with E-state index < -0.39 is 0 Å². The maximum atomic E-state index is 12.8. The molecule has 0 spiro atoms. The number of nitrogens with zero attached hydrogens (tertiary/aromatic N) is 3. The minimum absolute atomic E-state index is 0.0279. The molecule has 2 aliphatic rings. The maximum absolute atomic E-state index is 12.8. The smallest absolute Gasteiger partial charge is 0.317 e. The van der Waals surface area contributed by atoms with Crippen molar-refractivity contribution in [2.45, 2.75) is 31.7 Å². The molecule has 36 heavy (non-hydrogen) atoms. The molecule has 1 aliphatic heterocycles. The van der Waals surface area contributed by atoms with Gasteiger partial charge in [-0.1, -0.05) is 12.1 Å². The van der Waals surface area contributed by atoms with Crippen LogP contribution in [0.2, 0.25) is 0 Å². The molecule has 5 rings (SSSR count). The number of nitrogens with one attached hydrogen (secondary N) is 2. The van der Waals surface area contributed by atoms with Crippen LogP contribution < -0.4 is 15.4 Å². The molecule has 2 atom stereocenters. The van der Waals surface area contributed by atoms with Crippen LogP contribution in [0.5, 0.6) is 5.75 Å². The van der Waals surface area contributed by atoms with Gasteiger partial charge in [-0.15, -0.1) is 11.3 Å². The fourth-order valence-corrected chi connectivity index (χ4v) is 5.78. The van der Waals surface area contributed by atoms with Crippen molar-refractivity contribution in [1.29, 1.82) is 5.26 Å². The number of nitriles is 1. The molecule has 0 saturated heterocycles. The van der Waals surface area contributed by atoms with Crippen LogP contribution in [0.25, 0.3) is 0 Å². The normalized spacial score (nSPS) is 18.1. The van der Waals surface area contributed by atoms with Gasteiger partial charge in [-0.05, 0) is 66.1 Å². The standard InChI is InChI=1S/C27H27N5O3S/c1-35-21-4-2-3-17(11-21)22-13-23(22)26(33)31-25-12-18-7-10-32(16-24(18)36-25)27(34)30-9-6-20-15-29-8-5-19(20)14-28/h2-5,8,11-12,15,22-23H,6-7,9-10,13,16H2,1H3,(H,30,34)(H,31,33). The van der Waals surface area contributed by atoms with E-state index in [1.807, 2.05) is 30.3 Å². The highest BCUT2D eigenvalue weighted by atomic mass is 32.1. The Kier molecular flexibility index (Phi) is 6.87. The molecule has 184 valence electrons. The molecule has 1 saturated carbocycles. The van der Waals surface area contributed by atoms with Gasteiger partial charge in [0.2, 0.25) is 5.91 Å². The first-order valence-corrected chi connectivity index (χ1v) is 12.8. The van der Waals surface area contributed by atoms with E-state index >= 15 is 0 Å². The van der Waals surface area contributed by atoms with Crippen molar-refractivity contribution < 1.29 is 14.3 Å². The predicted molar refractivity (Wildman–Crippen MR) is 137 cm³/mol. The summed E-state index contributed by atoms with van der Waals surface area (Å²) < 4.78 is 5.30. The molecule has 0 bridgehead atoms. The Balaban J connectivity index is 1.13. The fourth-order valence-electron chi connectivity index (χ4n) is 4.65. The van der Waals surface area contributed by atoms with E-state index in [9.17, 15) is 14.9 Å². The van der Waals surface area contributed by atoms with Gasteiger partial charge in [-0.2, -0.15) is 5.26 Å². The molecule has 2 N–H and O–H groups in total. The summed E-state index contributed by atoms with van der Waals surface area (Å²) >= 11 is 1.54. The molecule has 9 heteroatoms. The summed E-state index contributed by atoms with van der Waals surface area (Å²) in [5, 5.41) is 16.1. The molecule has 0 radical (unpaired) electrons. The minimum atomic E-state index is -0.124. The van der Waals surface area contributed by atoms with Crippen LogP contribution >= 0.6 is 11.3 Å². The summed E-state index contributed by atoms with van der Waals surface area (Å²) in [5.41, 5.74) is 3.72. The van der Waals surface area contributed by atoms with E-state index in [0.717, 1.165) is 39.6 Å². The summed E-state index contributed by atoms with van der Waals surface area (Å²) in [5.74, 6) is 1.05. The van der Waals surface area contributed by atoms with E-state index in [0.29, 0.717) is 31.6 Å². The van der Waals surface area contributed by atoms with Crippen LogP contribution in [0.3, 0.4) is 0 Å². The van der Waals surface area contributed by atoms with E-state index in [4.69, 9.17) is 4.74 Å². The largest absolute Gasteiger partial charge is 0.497 e. The zero-order valence-electron chi connectivity index (χ0n) is 20.0. The van der Waals surface area contributed by atoms with Crippen LogP contribution in [-0.2, 0) is 24.2 Å². The number of anilines is 1. The molecule has 3 amide bonds. The third kappa shape index (κ3) is 5.19. The summed E-state index contributed by atoms with van der Waals surface area (Å²) in [4.78, 5) is 32.5. The zero-order chi connectivity index (χ0) is 25.1. The molecule has 3 heterocycles. The summed E-state index contributed by atoms with van der Waals surface area (Å²) in [6, 6.07) is 13.7. The number of fused-ring (bicyclic) bond motifs is 1. The second-order valence-electron chi connectivity index (χ2n) is 9.07. The highest BCUT2D eigenvalue weighted by Crippen LogP contribution is 2.49. The Labute approximate surface area is 213 Å². The van der Waals surface area contributed by atoms with Gasteiger partial charge in [0.1, 0.15) is 5.75 Å². The van der Waals surface area contributed by atoms with Crippen molar-refractivity contribution in [1.82, 2.24) is 15.2 Å². The number of hydrogen-bond donors (Lipinski definition) is 2. The number of hydrogen-bond acceptors (Lipinski definition) is 6. The van der Waals surface area contributed by atoms with Crippen molar-refractivity contribution in [3.8, 4) is 11.8 Å². The SMILES string of the molecule is COc1cccc(C2CC2C(=O)Nc2cc3c(s2)CN(C(=O)NCCc2cnccc2C#N)CC3)c1. The van der Waals surface area contributed by atoms with E-state index in [1.165, 1.54) is 5.56 Å². The Morgan fingerprint density at radius 3 is 3.03 bits per heavy atom. The maximum Gasteiger partial charge on any atom is 0.317 e. The lowest BCUT2D eigenvalue weighted by atomic mass is 10.1. The number of rotatable bonds is 7. The van der Waals surface area contributed by atoms with Crippen LogP contribution in [-0.4, -0.2) is 42.0 Å². The topological polar surface area (TPSA) is 107 Å². The van der Waals surface area contributed by atoms with Gasteiger partial charge in [-0.3, -0.25) is 9.78 Å². The number of carbonyl (C=O) groups excluding carboxylic acids is 2. The monoisotopic (exact) mass is 501 g/mol. The van der Waals surface area contributed by atoms with Gasteiger partial charge >= 0.3 is 6.03 Å². The lowest BCUT2D eigenvalue weighted by molar-refractivity contribution is -0.117. The molecule has 2 aromatic heterocycles. The average molecular weight is 502 g/mol. The van der Waals surface area contributed by atoms with Gasteiger partial charge in [0.25, 0.3) is 0 Å². The van der Waals surface area contributed by atoms with Crippen LogP contribution in [0.15, 0.2) is 48.8 Å². The molecule has 1 fully saturated rings. The first-order chi connectivity index (χ1) is 17.6. The number of thiophene rings is 1. The van der Waals surface area contributed by atoms with Gasteiger partial charge in [-0.25, -0.2) is 4.79 Å². The Morgan fingerprint density at radius 1 is 1.31 bits per heavy atom. The second kappa shape index (κ2) is 10.4. The number of carbonyl (C=O) groups is 2. The van der Waals surface area contributed by atoms with Crippen molar-refractivity contribution in [2.24, 2.45) is 5.92 Å². The Hall–Kier alpha value is -3.90. The van der Waals surface area contributed by atoms with E-state index in [1.54, 1.807) is 41.8 Å². The predicted octanol–water partition coefficient (Wildman–Crippen LogP) is 4.08. The summed E-state index contributed by atoms with van der Waals surface area (Å²) in [7, 11) is 1.65. The minimum Gasteiger partial charge on any atom is -0.497 e. The van der Waals surface area contributed by atoms with Crippen molar-refractivity contribution >= 4 is 28.3 Å². The van der Waals surface area contributed by atoms with Gasteiger partial charge in [0.05, 0.1) is 30.3 Å². The number of urea groups is 1. The first kappa shape index (κ1) is 23.8. The Morgan fingerprint density at radius 2 is 2.19 bits per heavy atom. The quantitative estimate of drug-likeness (QED) is 0.507. The number of benzene rings is 1. The highest BCUT2D eigenvalue weighted by Gasteiger charge is 2.44. The molecule has 2 unspecified atom stereocenters. The number of amides is 3. The molecule has 1 aromatic carbocycles. The molecule has 3 aromatic rings. The van der Waals surface area contributed by atoms with Crippen molar-refractivity contribution in [2.75, 3.05) is 25.5 Å². The van der Waals surface area contributed by atoms with E-state index in [2.05, 4.69) is 21.7 Å². The van der Waals surface area contributed by atoms with Gasteiger partial charge in [0.15, 0.2) is 0 Å². The van der Waals surface area contributed by atoms with E-state index in [-0.39, 0.29) is 23.8 Å². The Bertz CT molecular complexity index is 1330. The lowest BCUT2D eigenvalue weighted by Gasteiger charge is -2.27.